The molecular weight excluding hydrogens is 222 g/mol. The molecule has 6 heteroatoms. The lowest BCUT2D eigenvalue weighted by molar-refractivity contribution is 0.0830. The van der Waals surface area contributed by atoms with Crippen molar-refractivity contribution in [2.24, 2.45) is 0 Å². The maximum absolute atomic E-state index is 9.45. The Bertz CT molecular complexity index is 357. The first-order valence-corrected chi connectivity index (χ1v) is 6.15. The van der Waals surface area contributed by atoms with E-state index < -0.39 is 0 Å². The van der Waals surface area contributed by atoms with Crippen LogP contribution < -0.4 is 5.32 Å². The highest BCUT2D eigenvalue weighted by Gasteiger charge is 2.29. The minimum Gasteiger partial charge on any atom is -0.392 e. The number of aliphatic hydroxyl groups is 1. The normalized spacial score (nSPS) is 30.9. The van der Waals surface area contributed by atoms with E-state index in [9.17, 15) is 5.11 Å². The van der Waals surface area contributed by atoms with E-state index in [1.165, 1.54) is 0 Å². The van der Waals surface area contributed by atoms with Crippen LogP contribution in [0.3, 0.4) is 0 Å². The summed E-state index contributed by atoms with van der Waals surface area (Å²) in [4.78, 5) is 4.44. The zero-order chi connectivity index (χ0) is 11.7. The van der Waals surface area contributed by atoms with Crippen LogP contribution in [0.1, 0.15) is 42.9 Å². The third kappa shape index (κ3) is 2.34. The first kappa shape index (κ1) is 11.1. The van der Waals surface area contributed by atoms with Crippen LogP contribution in [-0.2, 0) is 4.74 Å². The minimum absolute atomic E-state index is 0.00564. The highest BCUT2D eigenvalue weighted by Crippen LogP contribution is 2.27. The van der Waals surface area contributed by atoms with Gasteiger partial charge in [0.25, 0.3) is 0 Å². The number of nitrogens with zero attached hydrogens (tertiary/aromatic N) is 2. The quantitative estimate of drug-likeness (QED) is 0.775. The van der Waals surface area contributed by atoms with Crippen molar-refractivity contribution in [1.29, 1.82) is 0 Å². The zero-order valence-electron chi connectivity index (χ0n) is 9.63. The average molecular weight is 239 g/mol. The summed E-state index contributed by atoms with van der Waals surface area (Å²) in [7, 11) is 0. The smallest absolute Gasteiger partial charge is 0.243 e. The van der Waals surface area contributed by atoms with Crippen LogP contribution in [0, 0.1) is 0 Å². The molecule has 0 aliphatic carbocycles. The fraction of sp³-hybridized carbons (Fsp3) is 0.818. The Morgan fingerprint density at radius 2 is 2.12 bits per heavy atom. The topological polar surface area (TPSA) is 80.4 Å². The Labute approximate surface area is 99.3 Å². The van der Waals surface area contributed by atoms with Crippen molar-refractivity contribution in [3.63, 3.8) is 0 Å². The van der Waals surface area contributed by atoms with Gasteiger partial charge in [0.15, 0.2) is 5.82 Å². The molecule has 0 amide bonds. The van der Waals surface area contributed by atoms with Crippen molar-refractivity contribution < 1.29 is 14.4 Å². The molecule has 0 spiro atoms. The predicted molar refractivity (Wildman–Crippen MR) is 58.5 cm³/mol. The molecule has 3 rings (SSSR count). The van der Waals surface area contributed by atoms with Crippen molar-refractivity contribution in [2.75, 3.05) is 19.8 Å². The molecule has 0 radical (unpaired) electrons. The van der Waals surface area contributed by atoms with E-state index >= 15 is 0 Å². The molecule has 0 bridgehead atoms. The molecule has 2 fully saturated rings. The number of rotatable bonds is 2. The molecule has 3 heterocycles. The first-order chi connectivity index (χ1) is 8.33. The summed E-state index contributed by atoms with van der Waals surface area (Å²) in [6, 6.07) is 0.00564. The highest BCUT2D eigenvalue weighted by atomic mass is 16.5. The highest BCUT2D eigenvalue weighted by molar-refractivity contribution is 5.01. The summed E-state index contributed by atoms with van der Waals surface area (Å²) in [6.45, 7) is 2.14. The molecule has 2 atom stereocenters. The summed E-state index contributed by atoms with van der Waals surface area (Å²) < 4.78 is 10.6. The fourth-order valence-electron chi connectivity index (χ4n) is 2.42. The monoisotopic (exact) mass is 239 g/mol. The summed E-state index contributed by atoms with van der Waals surface area (Å²) in [5.41, 5.74) is 0. The maximum Gasteiger partial charge on any atom is 0.243 e. The van der Waals surface area contributed by atoms with Crippen LogP contribution in [-0.4, -0.2) is 41.1 Å². The van der Waals surface area contributed by atoms with Crippen LogP contribution in [0.2, 0.25) is 0 Å². The van der Waals surface area contributed by atoms with Crippen LogP contribution in [0.25, 0.3) is 0 Å². The van der Waals surface area contributed by atoms with E-state index in [4.69, 9.17) is 9.26 Å². The molecule has 1 aromatic rings. The number of hydrogen-bond acceptors (Lipinski definition) is 6. The van der Waals surface area contributed by atoms with E-state index in [1.54, 1.807) is 0 Å². The summed E-state index contributed by atoms with van der Waals surface area (Å²) >= 11 is 0. The average Bonchev–Trinajstić information content (AvgIpc) is 2.98. The molecule has 17 heavy (non-hydrogen) atoms. The van der Waals surface area contributed by atoms with E-state index in [2.05, 4.69) is 15.5 Å². The van der Waals surface area contributed by atoms with Gasteiger partial charge in [0.05, 0.1) is 12.1 Å². The minimum atomic E-state index is -0.307. The summed E-state index contributed by atoms with van der Waals surface area (Å²) in [5.74, 6) is 1.74. The van der Waals surface area contributed by atoms with E-state index in [0.717, 1.165) is 31.9 Å². The van der Waals surface area contributed by atoms with Gasteiger partial charge in [0, 0.05) is 25.7 Å². The summed E-state index contributed by atoms with van der Waals surface area (Å²) in [5, 5.41) is 16.7. The second-order valence-corrected chi connectivity index (χ2v) is 4.73. The molecule has 0 unspecified atom stereocenters. The van der Waals surface area contributed by atoms with Crippen molar-refractivity contribution in [3.8, 4) is 0 Å². The SMILES string of the molecule is O[C@H]1CN[C@@H](c2nc(C3CCOCC3)no2)C1. The first-order valence-electron chi connectivity index (χ1n) is 6.15. The van der Waals surface area contributed by atoms with Crippen LogP contribution >= 0.6 is 0 Å². The van der Waals surface area contributed by atoms with Gasteiger partial charge in [-0.05, 0) is 19.3 Å². The molecular formula is C11H17N3O3. The second kappa shape index (κ2) is 4.72. The van der Waals surface area contributed by atoms with Crippen LogP contribution in [0.15, 0.2) is 4.52 Å². The Hall–Kier alpha value is -0.980. The fourth-order valence-corrected chi connectivity index (χ4v) is 2.42. The molecule has 2 saturated heterocycles. The molecule has 6 nitrogen and oxygen atoms in total. The number of aromatic nitrogens is 2. The van der Waals surface area contributed by atoms with Gasteiger partial charge in [-0.15, -0.1) is 0 Å². The third-order valence-corrected chi connectivity index (χ3v) is 3.45. The lowest BCUT2D eigenvalue weighted by Crippen LogP contribution is -2.16. The second-order valence-electron chi connectivity index (χ2n) is 4.73. The number of ether oxygens (including phenoxy) is 1. The van der Waals surface area contributed by atoms with Gasteiger partial charge in [-0.25, -0.2) is 0 Å². The van der Waals surface area contributed by atoms with Gasteiger partial charge in [0.2, 0.25) is 5.89 Å². The van der Waals surface area contributed by atoms with E-state index in [-0.39, 0.29) is 12.1 Å². The molecule has 0 aromatic carbocycles. The van der Waals surface area contributed by atoms with Crippen molar-refractivity contribution in [1.82, 2.24) is 15.5 Å². The van der Waals surface area contributed by atoms with Gasteiger partial charge < -0.3 is 19.7 Å². The zero-order valence-corrected chi connectivity index (χ0v) is 9.63. The Morgan fingerprint density at radius 1 is 1.29 bits per heavy atom. The molecule has 2 aliphatic heterocycles. The van der Waals surface area contributed by atoms with Gasteiger partial charge in [-0.3, -0.25) is 0 Å². The molecule has 94 valence electrons. The molecule has 2 N–H and O–H groups in total. The van der Waals surface area contributed by atoms with E-state index in [1.807, 2.05) is 0 Å². The van der Waals surface area contributed by atoms with Crippen molar-refractivity contribution in [3.05, 3.63) is 11.7 Å². The predicted octanol–water partition coefficient (Wildman–Crippen LogP) is 0.359. The van der Waals surface area contributed by atoms with Crippen LogP contribution in [0.5, 0.6) is 0 Å². The lowest BCUT2D eigenvalue weighted by atomic mass is 10.00. The number of nitrogens with one attached hydrogen (secondary N) is 1. The Morgan fingerprint density at radius 3 is 2.82 bits per heavy atom. The molecule has 1 aromatic heterocycles. The van der Waals surface area contributed by atoms with Gasteiger partial charge in [-0.2, -0.15) is 4.98 Å². The van der Waals surface area contributed by atoms with Crippen molar-refractivity contribution >= 4 is 0 Å². The number of aliphatic hydroxyl groups excluding tert-OH is 1. The molecule has 2 aliphatic rings. The molecule has 0 saturated carbocycles. The van der Waals surface area contributed by atoms with Gasteiger partial charge in [-0.1, -0.05) is 5.16 Å². The standard InChI is InChI=1S/C11H17N3O3/c15-8-5-9(12-6-8)11-13-10(14-17-11)7-1-3-16-4-2-7/h7-9,12,15H,1-6H2/t8-,9-/m1/s1. The summed E-state index contributed by atoms with van der Waals surface area (Å²) in [6.07, 6.45) is 2.26. The Balaban J connectivity index is 1.69. The van der Waals surface area contributed by atoms with Crippen LogP contribution in [0.4, 0.5) is 0 Å². The van der Waals surface area contributed by atoms with Crippen molar-refractivity contribution in [2.45, 2.75) is 37.3 Å². The Kier molecular flexibility index (Phi) is 3.09. The lowest BCUT2D eigenvalue weighted by Gasteiger charge is -2.18. The van der Waals surface area contributed by atoms with Gasteiger partial charge >= 0.3 is 0 Å². The van der Waals surface area contributed by atoms with Gasteiger partial charge in [0.1, 0.15) is 0 Å². The van der Waals surface area contributed by atoms with E-state index in [0.29, 0.717) is 24.8 Å². The largest absolute Gasteiger partial charge is 0.392 e. The maximum atomic E-state index is 9.45. The number of β-amino-alcohol motifs (C(OH)–C–C–N with tert-alkyl or cyclic N) is 1. The number of hydrogen-bond donors (Lipinski definition) is 2. The third-order valence-electron chi connectivity index (χ3n) is 3.45.